The predicted octanol–water partition coefficient (Wildman–Crippen LogP) is 3.44. The van der Waals surface area contributed by atoms with E-state index in [0.29, 0.717) is 17.1 Å². The first-order chi connectivity index (χ1) is 8.13. The molecule has 0 spiro atoms. The van der Waals surface area contributed by atoms with E-state index in [0.717, 1.165) is 17.4 Å². The number of anilines is 1. The molecule has 0 fully saturated rings. The van der Waals surface area contributed by atoms with Gasteiger partial charge in [-0.3, -0.25) is 0 Å². The lowest BCUT2D eigenvalue weighted by Gasteiger charge is -2.05. The van der Waals surface area contributed by atoms with Crippen molar-refractivity contribution in [1.29, 1.82) is 0 Å². The lowest BCUT2D eigenvalue weighted by molar-refractivity contribution is 0.630. The van der Waals surface area contributed by atoms with Gasteiger partial charge in [0.2, 0.25) is 0 Å². The molecule has 1 aromatic carbocycles. The minimum atomic E-state index is -0.318. The zero-order valence-corrected chi connectivity index (χ0v) is 11.0. The molecule has 0 aliphatic heterocycles. The quantitative estimate of drug-likeness (QED) is 0.943. The van der Waals surface area contributed by atoms with Crippen molar-refractivity contribution in [3.8, 4) is 11.3 Å². The summed E-state index contributed by atoms with van der Waals surface area (Å²) < 4.78 is 16.3. The molecule has 17 heavy (non-hydrogen) atoms. The maximum absolute atomic E-state index is 13.7. The zero-order valence-electron chi connectivity index (χ0n) is 9.45. The molecule has 0 saturated carbocycles. The number of nitrogens with zero attached hydrogens (tertiary/aromatic N) is 2. The first-order valence-corrected chi connectivity index (χ1v) is 6.18. The van der Waals surface area contributed by atoms with Crippen molar-refractivity contribution in [3.05, 3.63) is 34.8 Å². The number of hydrogen-bond acceptors (Lipinski definition) is 2. The Balaban J connectivity index is 2.49. The van der Waals surface area contributed by atoms with Crippen LogP contribution in [0.4, 0.5) is 10.2 Å². The van der Waals surface area contributed by atoms with Crippen LogP contribution in [0.25, 0.3) is 11.3 Å². The molecule has 0 atom stereocenters. The van der Waals surface area contributed by atoms with E-state index in [1.165, 1.54) is 6.07 Å². The maximum Gasteiger partial charge on any atom is 0.132 e. The summed E-state index contributed by atoms with van der Waals surface area (Å²) >= 11 is 3.31. The molecule has 1 heterocycles. The molecule has 0 amide bonds. The molecule has 2 aromatic rings. The van der Waals surface area contributed by atoms with Crippen LogP contribution in [0.5, 0.6) is 0 Å². The number of halogens is 2. The van der Waals surface area contributed by atoms with Crippen LogP contribution >= 0.6 is 15.9 Å². The molecular formula is C12H13BrFN3. The van der Waals surface area contributed by atoms with Crippen LogP contribution in [0, 0.1) is 5.82 Å². The standard InChI is InChI=1S/C12H13BrFN3/c1-2-5-17-7-16-11(12(17)15)9-6-8(13)3-4-10(9)14/h3-4,6-7H,2,5,15H2,1H3. The van der Waals surface area contributed by atoms with E-state index in [4.69, 9.17) is 5.73 Å². The summed E-state index contributed by atoms with van der Waals surface area (Å²) in [5, 5.41) is 0. The molecular weight excluding hydrogens is 285 g/mol. The van der Waals surface area contributed by atoms with Gasteiger partial charge in [-0.1, -0.05) is 22.9 Å². The van der Waals surface area contributed by atoms with Crippen molar-refractivity contribution in [2.45, 2.75) is 19.9 Å². The summed E-state index contributed by atoms with van der Waals surface area (Å²) in [4.78, 5) is 4.18. The van der Waals surface area contributed by atoms with Crippen molar-refractivity contribution in [2.24, 2.45) is 0 Å². The van der Waals surface area contributed by atoms with E-state index in [2.05, 4.69) is 27.8 Å². The van der Waals surface area contributed by atoms with Gasteiger partial charge in [0.15, 0.2) is 0 Å². The number of nitrogen functional groups attached to an aromatic ring is 1. The van der Waals surface area contributed by atoms with Crippen molar-refractivity contribution >= 4 is 21.7 Å². The highest BCUT2D eigenvalue weighted by atomic mass is 79.9. The Labute approximate surface area is 108 Å². The van der Waals surface area contributed by atoms with Gasteiger partial charge in [0, 0.05) is 16.6 Å². The predicted molar refractivity (Wildman–Crippen MR) is 70.0 cm³/mol. The second-order valence-corrected chi connectivity index (χ2v) is 4.71. The summed E-state index contributed by atoms with van der Waals surface area (Å²) in [7, 11) is 0. The van der Waals surface area contributed by atoms with Gasteiger partial charge >= 0.3 is 0 Å². The van der Waals surface area contributed by atoms with Crippen molar-refractivity contribution in [1.82, 2.24) is 9.55 Å². The van der Waals surface area contributed by atoms with E-state index in [-0.39, 0.29) is 5.82 Å². The number of aryl methyl sites for hydroxylation is 1. The first kappa shape index (κ1) is 12.1. The fourth-order valence-corrected chi connectivity index (χ4v) is 2.06. The summed E-state index contributed by atoms with van der Waals surface area (Å²) in [5.41, 5.74) is 6.88. The second-order valence-electron chi connectivity index (χ2n) is 3.80. The molecule has 0 saturated heterocycles. The Morgan fingerprint density at radius 2 is 2.24 bits per heavy atom. The summed E-state index contributed by atoms with van der Waals surface area (Å²) in [6.07, 6.45) is 2.61. The molecule has 3 nitrogen and oxygen atoms in total. The Hall–Kier alpha value is -1.36. The average Bonchev–Trinajstić information content (AvgIpc) is 2.65. The molecule has 90 valence electrons. The van der Waals surface area contributed by atoms with Gasteiger partial charge < -0.3 is 10.3 Å². The Morgan fingerprint density at radius 1 is 1.47 bits per heavy atom. The number of hydrogen-bond donors (Lipinski definition) is 1. The van der Waals surface area contributed by atoms with Crippen LogP contribution in [0.1, 0.15) is 13.3 Å². The van der Waals surface area contributed by atoms with Gasteiger partial charge in [-0.15, -0.1) is 0 Å². The van der Waals surface area contributed by atoms with Crippen molar-refractivity contribution < 1.29 is 4.39 Å². The third-order valence-corrected chi connectivity index (χ3v) is 3.02. The molecule has 0 radical (unpaired) electrons. The average molecular weight is 298 g/mol. The Bertz CT molecular complexity index is 537. The summed E-state index contributed by atoms with van der Waals surface area (Å²) in [6, 6.07) is 4.74. The molecule has 2 N–H and O–H groups in total. The lowest BCUT2D eigenvalue weighted by Crippen LogP contribution is -2.01. The number of rotatable bonds is 3. The smallest absolute Gasteiger partial charge is 0.132 e. The van der Waals surface area contributed by atoms with Crippen molar-refractivity contribution in [2.75, 3.05) is 5.73 Å². The van der Waals surface area contributed by atoms with Gasteiger partial charge in [-0.05, 0) is 24.6 Å². The Kier molecular flexibility index (Phi) is 3.47. The minimum Gasteiger partial charge on any atom is -0.383 e. The second kappa shape index (κ2) is 4.87. The van der Waals surface area contributed by atoms with E-state index < -0.39 is 0 Å². The van der Waals surface area contributed by atoms with Gasteiger partial charge in [0.05, 0.1) is 6.33 Å². The van der Waals surface area contributed by atoms with Crippen LogP contribution in [-0.4, -0.2) is 9.55 Å². The third kappa shape index (κ3) is 2.34. The molecule has 1 aromatic heterocycles. The Morgan fingerprint density at radius 3 is 2.94 bits per heavy atom. The van der Waals surface area contributed by atoms with Crippen molar-refractivity contribution in [3.63, 3.8) is 0 Å². The van der Waals surface area contributed by atoms with E-state index in [1.54, 1.807) is 18.5 Å². The highest BCUT2D eigenvalue weighted by Crippen LogP contribution is 2.29. The number of benzene rings is 1. The van der Waals surface area contributed by atoms with Crippen LogP contribution in [0.15, 0.2) is 29.0 Å². The SMILES string of the molecule is CCCn1cnc(-c2cc(Br)ccc2F)c1N. The lowest BCUT2D eigenvalue weighted by atomic mass is 10.1. The van der Waals surface area contributed by atoms with Gasteiger partial charge in [0.1, 0.15) is 17.3 Å². The summed E-state index contributed by atoms with van der Waals surface area (Å²) in [6.45, 7) is 2.84. The number of imidazole rings is 1. The van der Waals surface area contributed by atoms with Gasteiger partial charge in [-0.2, -0.15) is 0 Å². The highest BCUT2D eigenvalue weighted by molar-refractivity contribution is 9.10. The molecule has 2 rings (SSSR count). The topological polar surface area (TPSA) is 43.8 Å². The fraction of sp³-hybridized carbons (Fsp3) is 0.250. The molecule has 0 bridgehead atoms. The van der Waals surface area contributed by atoms with Gasteiger partial charge in [-0.25, -0.2) is 9.37 Å². The van der Waals surface area contributed by atoms with E-state index in [9.17, 15) is 4.39 Å². The van der Waals surface area contributed by atoms with Crippen LogP contribution in [-0.2, 0) is 6.54 Å². The van der Waals surface area contributed by atoms with Gasteiger partial charge in [0.25, 0.3) is 0 Å². The number of aromatic nitrogens is 2. The minimum absolute atomic E-state index is 0.318. The highest BCUT2D eigenvalue weighted by Gasteiger charge is 2.13. The zero-order chi connectivity index (χ0) is 12.4. The first-order valence-electron chi connectivity index (χ1n) is 5.39. The number of nitrogens with two attached hydrogens (primary N) is 1. The fourth-order valence-electron chi connectivity index (χ4n) is 1.70. The van der Waals surface area contributed by atoms with Crippen LogP contribution < -0.4 is 5.73 Å². The van der Waals surface area contributed by atoms with E-state index in [1.807, 2.05) is 4.57 Å². The summed E-state index contributed by atoms with van der Waals surface area (Å²) in [5.74, 6) is 0.186. The van der Waals surface area contributed by atoms with Crippen LogP contribution in [0.2, 0.25) is 0 Å². The molecule has 5 heteroatoms. The van der Waals surface area contributed by atoms with E-state index >= 15 is 0 Å². The monoisotopic (exact) mass is 297 g/mol. The molecule has 0 unspecified atom stereocenters. The normalized spacial score (nSPS) is 10.8. The largest absolute Gasteiger partial charge is 0.383 e. The maximum atomic E-state index is 13.7. The van der Waals surface area contributed by atoms with Crippen LogP contribution in [0.3, 0.4) is 0 Å². The third-order valence-electron chi connectivity index (χ3n) is 2.53. The molecule has 0 aliphatic carbocycles. The molecule has 0 aliphatic rings.